The van der Waals surface area contributed by atoms with Gasteiger partial charge in [-0.25, -0.2) is 9.59 Å². The van der Waals surface area contributed by atoms with Crippen LogP contribution in [0.25, 0.3) is 0 Å². The zero-order chi connectivity index (χ0) is 31.7. The molecule has 1 saturated heterocycles. The normalized spacial score (nSPS) is 39.6. The Morgan fingerprint density at radius 1 is 1.05 bits per heavy atom. The van der Waals surface area contributed by atoms with Crippen molar-refractivity contribution in [3.05, 3.63) is 47.0 Å². The molecule has 5 rings (SSSR count). The zero-order valence-corrected chi connectivity index (χ0v) is 25.0. The van der Waals surface area contributed by atoms with Gasteiger partial charge in [-0.1, -0.05) is 32.0 Å². The van der Waals surface area contributed by atoms with Crippen LogP contribution >= 0.6 is 0 Å². The highest BCUT2D eigenvalue weighted by atomic mass is 16.8. The molecule has 3 fully saturated rings. The maximum absolute atomic E-state index is 14.8. The Balaban J connectivity index is 1.84. The van der Waals surface area contributed by atoms with E-state index in [1.54, 1.807) is 39.0 Å². The van der Waals surface area contributed by atoms with E-state index in [1.807, 2.05) is 0 Å². The maximum atomic E-state index is 14.8. The molecule has 12 nitrogen and oxygen atoms in total. The van der Waals surface area contributed by atoms with Crippen LogP contribution in [0.2, 0.25) is 0 Å². The summed E-state index contributed by atoms with van der Waals surface area (Å²) in [6, 6.07) is 7.98. The number of ether oxygens (including phenoxy) is 5. The predicted octanol–water partition coefficient (Wildman–Crippen LogP) is 1.87. The Hall–Kier alpha value is -3.32. The Labute approximate surface area is 248 Å². The summed E-state index contributed by atoms with van der Waals surface area (Å²) in [5.74, 6) is -3.87. The van der Waals surface area contributed by atoms with E-state index in [0.717, 1.165) is 14.0 Å². The number of methoxy groups -OCH3 is 1. The third-order valence-electron chi connectivity index (χ3n) is 10.3. The van der Waals surface area contributed by atoms with Gasteiger partial charge in [0.2, 0.25) is 0 Å². The van der Waals surface area contributed by atoms with E-state index >= 15 is 0 Å². The number of ketones is 1. The highest BCUT2D eigenvalue weighted by Gasteiger charge is 2.78. The Morgan fingerprint density at radius 3 is 2.26 bits per heavy atom. The highest BCUT2D eigenvalue weighted by molar-refractivity contribution is 5.95. The number of carbonyl (C=O) groups excluding carboxylic acids is 4. The van der Waals surface area contributed by atoms with Crippen molar-refractivity contribution in [1.82, 2.24) is 0 Å². The van der Waals surface area contributed by atoms with E-state index in [0.29, 0.717) is 5.57 Å². The largest absolute Gasteiger partial charge is 0.508 e. The maximum Gasteiger partial charge on any atom is 0.508 e. The summed E-state index contributed by atoms with van der Waals surface area (Å²) < 4.78 is 28.2. The number of Topliss-reactive ketones (excluding diaryl/α,β-unsaturated/α-hetero) is 1. The quantitative estimate of drug-likeness (QED) is 0.260. The number of aliphatic hydroxyl groups excluding tert-OH is 2. The van der Waals surface area contributed by atoms with E-state index in [-0.39, 0.29) is 30.6 Å². The van der Waals surface area contributed by atoms with Gasteiger partial charge in [-0.3, -0.25) is 9.59 Å². The molecular weight excluding hydrogens is 564 g/mol. The van der Waals surface area contributed by atoms with Crippen molar-refractivity contribution in [2.24, 2.45) is 16.7 Å². The van der Waals surface area contributed by atoms with Gasteiger partial charge >= 0.3 is 18.1 Å². The van der Waals surface area contributed by atoms with E-state index in [2.05, 4.69) is 0 Å². The first kappa shape index (κ1) is 31.1. The van der Waals surface area contributed by atoms with E-state index in [4.69, 9.17) is 23.7 Å². The lowest BCUT2D eigenvalue weighted by Crippen LogP contribution is -2.82. The summed E-state index contributed by atoms with van der Waals surface area (Å²) in [6.07, 6.45) is -8.69. The molecule has 234 valence electrons. The topological polar surface area (TPSA) is 175 Å². The van der Waals surface area contributed by atoms with Crippen LogP contribution in [-0.2, 0) is 33.3 Å². The molecule has 1 aromatic rings. The fraction of sp³-hybridized carbons (Fsp3) is 0.613. The van der Waals surface area contributed by atoms with Gasteiger partial charge in [-0.2, -0.15) is 0 Å². The van der Waals surface area contributed by atoms with E-state index in [1.165, 1.54) is 19.1 Å². The first-order valence-electron chi connectivity index (χ1n) is 14.2. The van der Waals surface area contributed by atoms with Crippen LogP contribution < -0.4 is 0 Å². The lowest BCUT2D eigenvalue weighted by molar-refractivity contribution is -0.344. The van der Waals surface area contributed by atoms with Gasteiger partial charge in [-0.05, 0) is 37.1 Å². The predicted molar refractivity (Wildman–Crippen MR) is 146 cm³/mol. The molecule has 4 aliphatic rings. The number of carbonyl (C=O) groups is 4. The second-order valence-corrected chi connectivity index (χ2v) is 12.7. The van der Waals surface area contributed by atoms with Crippen LogP contribution in [0.5, 0.6) is 0 Å². The summed E-state index contributed by atoms with van der Waals surface area (Å²) in [7, 11) is 1.10. The zero-order valence-electron chi connectivity index (χ0n) is 25.0. The van der Waals surface area contributed by atoms with Crippen molar-refractivity contribution in [2.75, 3.05) is 13.7 Å². The molecule has 43 heavy (non-hydrogen) atoms. The SMILES string of the molecule is COC(=O)O[C@@]12CO[C@@H]1CC(O)[C@@]1(C)C(=O)[C@H](OC(C)=O)C3=C(C)[C@@H](O)C[C@@](O)(C(OC(=O)c4ccccc4)C12)C3(C)C. The number of esters is 2. The molecule has 0 spiro atoms. The fourth-order valence-corrected chi connectivity index (χ4v) is 7.83. The van der Waals surface area contributed by atoms with Crippen LogP contribution in [-0.4, -0.2) is 94.6 Å². The second kappa shape index (κ2) is 10.4. The molecule has 1 heterocycles. The summed E-state index contributed by atoms with van der Waals surface area (Å²) in [6.45, 7) is 7.06. The van der Waals surface area contributed by atoms with Gasteiger partial charge in [0.05, 0.1) is 42.8 Å². The summed E-state index contributed by atoms with van der Waals surface area (Å²) in [4.78, 5) is 53.7. The minimum absolute atomic E-state index is 0.136. The van der Waals surface area contributed by atoms with Crippen LogP contribution in [0.15, 0.2) is 41.5 Å². The first-order chi connectivity index (χ1) is 20.1. The van der Waals surface area contributed by atoms with Gasteiger partial charge in [0.1, 0.15) is 17.8 Å². The van der Waals surface area contributed by atoms with E-state index in [9.17, 15) is 34.5 Å². The molecule has 9 atom stereocenters. The van der Waals surface area contributed by atoms with Crippen LogP contribution in [0.1, 0.15) is 57.8 Å². The van der Waals surface area contributed by atoms with Crippen LogP contribution in [0, 0.1) is 16.7 Å². The highest BCUT2D eigenvalue weighted by Crippen LogP contribution is 2.64. The molecule has 2 bridgehead atoms. The standard InChI is InChI=1S/C31H38O12/c1-15-18(33)13-31(38)25(42-26(36)17-10-8-7-9-11-17)23-29(5,24(35)22(41-16(2)32)21(15)28(31,3)4)19(34)12-20-30(23,14-40-20)43-27(37)39-6/h7-11,18-20,22-23,25,33-34,38H,12-14H2,1-6H3/t18-,19?,20+,22+,23?,25?,29+,30-,31+/m0/s1. The van der Waals surface area contributed by atoms with Crippen molar-refractivity contribution >= 4 is 23.9 Å². The van der Waals surface area contributed by atoms with Crippen molar-refractivity contribution in [3.63, 3.8) is 0 Å². The molecule has 1 aromatic carbocycles. The molecule has 12 heteroatoms. The van der Waals surface area contributed by atoms with Crippen molar-refractivity contribution < 1.29 is 58.2 Å². The molecule has 0 amide bonds. The number of hydrogen-bond acceptors (Lipinski definition) is 12. The minimum atomic E-state index is -2.15. The number of hydrogen-bond donors (Lipinski definition) is 3. The average Bonchev–Trinajstić information content (AvgIpc) is 2.95. The Kier molecular flexibility index (Phi) is 7.52. The molecule has 3 unspecified atom stereocenters. The van der Waals surface area contributed by atoms with Gasteiger partial charge < -0.3 is 39.0 Å². The molecular formula is C31H38O12. The van der Waals surface area contributed by atoms with Crippen LogP contribution in [0.4, 0.5) is 4.79 Å². The number of benzene rings is 1. The van der Waals surface area contributed by atoms with Crippen LogP contribution in [0.3, 0.4) is 0 Å². The number of rotatable bonds is 4. The van der Waals surface area contributed by atoms with Crippen molar-refractivity contribution in [3.8, 4) is 0 Å². The summed E-state index contributed by atoms with van der Waals surface area (Å²) in [5.41, 5.74) is -6.69. The molecule has 0 aromatic heterocycles. The monoisotopic (exact) mass is 602 g/mol. The summed E-state index contributed by atoms with van der Waals surface area (Å²) in [5, 5.41) is 35.9. The fourth-order valence-electron chi connectivity index (χ4n) is 7.83. The van der Waals surface area contributed by atoms with Gasteiger partial charge in [-0.15, -0.1) is 0 Å². The van der Waals surface area contributed by atoms with Crippen molar-refractivity contribution in [1.29, 1.82) is 0 Å². The average molecular weight is 603 g/mol. The third kappa shape index (κ3) is 4.33. The second-order valence-electron chi connectivity index (χ2n) is 12.7. The van der Waals surface area contributed by atoms with Crippen molar-refractivity contribution in [2.45, 2.75) is 89.2 Å². The first-order valence-corrected chi connectivity index (χ1v) is 14.2. The minimum Gasteiger partial charge on any atom is -0.455 e. The molecule has 2 saturated carbocycles. The molecule has 0 radical (unpaired) electrons. The Morgan fingerprint density at radius 2 is 1.70 bits per heavy atom. The van der Waals surface area contributed by atoms with Gasteiger partial charge in [0.25, 0.3) is 0 Å². The molecule has 1 aliphatic heterocycles. The van der Waals surface area contributed by atoms with E-state index < -0.39 is 82.3 Å². The Bertz CT molecular complexity index is 1370. The number of aliphatic hydroxyl groups is 3. The van der Waals surface area contributed by atoms with Gasteiger partial charge in [0.15, 0.2) is 17.5 Å². The number of fused-ring (bicyclic) bond motifs is 5. The third-order valence-corrected chi connectivity index (χ3v) is 10.3. The lowest BCUT2D eigenvalue weighted by atomic mass is 9.44. The molecule has 3 aliphatic carbocycles. The summed E-state index contributed by atoms with van der Waals surface area (Å²) >= 11 is 0. The lowest BCUT2D eigenvalue weighted by Gasteiger charge is -2.67. The smallest absolute Gasteiger partial charge is 0.455 e. The van der Waals surface area contributed by atoms with Gasteiger partial charge in [0, 0.05) is 25.2 Å². The molecule has 3 N–H and O–H groups in total.